The Morgan fingerprint density at radius 2 is 2.23 bits per heavy atom. The van der Waals surface area contributed by atoms with Crippen LogP contribution in [0, 0.1) is 0 Å². The van der Waals surface area contributed by atoms with Gasteiger partial charge >= 0.3 is 0 Å². The molecule has 0 radical (unpaired) electrons. The minimum atomic E-state index is 0.474. The highest BCUT2D eigenvalue weighted by atomic mass is 79.9. The summed E-state index contributed by atoms with van der Waals surface area (Å²) in [5, 5.41) is 4.45. The zero-order valence-corrected chi connectivity index (χ0v) is 9.71. The van der Waals surface area contributed by atoms with Gasteiger partial charge in [0.2, 0.25) is 0 Å². The predicted molar refractivity (Wildman–Crippen MR) is 56.9 cm³/mol. The number of aromatic nitrogens is 2. The molecule has 1 heterocycles. The normalized spacial score (nSPS) is 17.8. The summed E-state index contributed by atoms with van der Waals surface area (Å²) in [5.74, 6) is 0.765. The third-order valence-corrected chi connectivity index (χ3v) is 3.13. The van der Waals surface area contributed by atoms with Gasteiger partial charge < -0.3 is 0 Å². The van der Waals surface area contributed by atoms with Crippen LogP contribution in [0.5, 0.6) is 0 Å². The molecule has 0 saturated heterocycles. The number of rotatable bonds is 2. The summed E-state index contributed by atoms with van der Waals surface area (Å²) in [6.07, 6.45) is 4.06. The average molecular weight is 243 g/mol. The zero-order valence-electron chi connectivity index (χ0n) is 8.13. The third kappa shape index (κ3) is 1.66. The molecule has 1 saturated carbocycles. The second-order valence-corrected chi connectivity index (χ2v) is 4.87. The Bertz CT molecular complexity index is 300. The lowest BCUT2D eigenvalue weighted by molar-refractivity contribution is 0.375. The van der Waals surface area contributed by atoms with Crippen molar-refractivity contribution in [1.82, 2.24) is 9.78 Å². The highest BCUT2D eigenvalue weighted by molar-refractivity contribution is 9.10. The molecule has 0 bridgehead atoms. The fourth-order valence-electron chi connectivity index (χ4n) is 1.80. The first-order chi connectivity index (χ1) is 6.18. The molecule has 0 amide bonds. The molecule has 72 valence electrons. The van der Waals surface area contributed by atoms with Gasteiger partial charge in [-0.15, -0.1) is 0 Å². The smallest absolute Gasteiger partial charge is 0.128 e. The second-order valence-electron chi connectivity index (χ2n) is 4.06. The van der Waals surface area contributed by atoms with Crippen LogP contribution in [0.1, 0.15) is 50.8 Å². The number of hydrogen-bond acceptors (Lipinski definition) is 1. The Kier molecular flexibility index (Phi) is 2.45. The molecule has 2 rings (SSSR count). The van der Waals surface area contributed by atoms with Gasteiger partial charge in [0.1, 0.15) is 4.60 Å². The number of halogens is 1. The molecule has 0 atom stereocenters. The van der Waals surface area contributed by atoms with Crippen LogP contribution in [-0.4, -0.2) is 9.78 Å². The maximum atomic E-state index is 4.45. The Morgan fingerprint density at radius 3 is 2.69 bits per heavy atom. The van der Waals surface area contributed by atoms with Gasteiger partial charge in [-0.25, -0.2) is 0 Å². The van der Waals surface area contributed by atoms with Crippen LogP contribution in [0.25, 0.3) is 0 Å². The quantitative estimate of drug-likeness (QED) is 0.777. The minimum Gasteiger partial charge on any atom is -0.266 e. The molecule has 1 aliphatic carbocycles. The molecule has 0 spiro atoms. The summed E-state index contributed by atoms with van der Waals surface area (Å²) in [6.45, 7) is 4.36. The maximum Gasteiger partial charge on any atom is 0.128 e. The van der Waals surface area contributed by atoms with Crippen molar-refractivity contribution < 1.29 is 0 Å². The molecule has 1 aliphatic rings. The lowest BCUT2D eigenvalue weighted by Gasteiger charge is -2.27. The SMILES string of the molecule is CC(C)n1nc(Br)cc1C1CCC1. The maximum absolute atomic E-state index is 4.45. The van der Waals surface area contributed by atoms with Crippen molar-refractivity contribution in [3.63, 3.8) is 0 Å². The van der Waals surface area contributed by atoms with Crippen LogP contribution >= 0.6 is 15.9 Å². The Morgan fingerprint density at radius 1 is 1.54 bits per heavy atom. The first kappa shape index (κ1) is 9.25. The second kappa shape index (κ2) is 3.45. The summed E-state index contributed by atoms with van der Waals surface area (Å²) in [4.78, 5) is 0. The first-order valence-corrected chi connectivity index (χ1v) is 5.72. The highest BCUT2D eigenvalue weighted by Crippen LogP contribution is 2.38. The lowest BCUT2D eigenvalue weighted by Crippen LogP contribution is -2.16. The first-order valence-electron chi connectivity index (χ1n) is 4.93. The summed E-state index contributed by atoms with van der Waals surface area (Å²) >= 11 is 3.44. The third-order valence-electron chi connectivity index (χ3n) is 2.75. The van der Waals surface area contributed by atoms with Crippen LogP contribution in [0.2, 0.25) is 0 Å². The summed E-state index contributed by atoms with van der Waals surface area (Å²) < 4.78 is 3.12. The summed E-state index contributed by atoms with van der Waals surface area (Å²) in [6, 6.07) is 2.64. The molecule has 0 N–H and O–H groups in total. The van der Waals surface area contributed by atoms with Crippen molar-refractivity contribution in [2.24, 2.45) is 0 Å². The van der Waals surface area contributed by atoms with E-state index in [9.17, 15) is 0 Å². The molecule has 3 heteroatoms. The van der Waals surface area contributed by atoms with Gasteiger partial charge in [-0.05, 0) is 48.7 Å². The van der Waals surface area contributed by atoms with Crippen LogP contribution in [0.15, 0.2) is 10.7 Å². The number of nitrogens with zero attached hydrogens (tertiary/aromatic N) is 2. The fourth-order valence-corrected chi connectivity index (χ4v) is 2.21. The van der Waals surface area contributed by atoms with Crippen LogP contribution in [0.3, 0.4) is 0 Å². The Balaban J connectivity index is 2.31. The van der Waals surface area contributed by atoms with Gasteiger partial charge in [-0.2, -0.15) is 5.10 Å². The van der Waals surface area contributed by atoms with E-state index in [-0.39, 0.29) is 0 Å². The van der Waals surface area contributed by atoms with Gasteiger partial charge in [0.25, 0.3) is 0 Å². The molecular weight excluding hydrogens is 228 g/mol. The van der Waals surface area contributed by atoms with Gasteiger partial charge in [0, 0.05) is 17.7 Å². The van der Waals surface area contributed by atoms with Crippen molar-refractivity contribution >= 4 is 15.9 Å². The zero-order chi connectivity index (χ0) is 9.42. The molecule has 0 aliphatic heterocycles. The Hall–Kier alpha value is -0.310. The van der Waals surface area contributed by atoms with Gasteiger partial charge in [-0.1, -0.05) is 6.42 Å². The fraction of sp³-hybridized carbons (Fsp3) is 0.700. The van der Waals surface area contributed by atoms with E-state index in [4.69, 9.17) is 0 Å². The standard InChI is InChI=1S/C10H15BrN2/c1-7(2)13-9(6-10(11)12-13)8-4-3-5-8/h6-8H,3-5H2,1-2H3. The molecule has 1 fully saturated rings. The number of hydrogen-bond donors (Lipinski definition) is 0. The molecular formula is C10H15BrN2. The largest absolute Gasteiger partial charge is 0.266 e. The van der Waals surface area contributed by atoms with E-state index in [2.05, 4.69) is 45.6 Å². The van der Waals surface area contributed by atoms with E-state index >= 15 is 0 Å². The molecule has 13 heavy (non-hydrogen) atoms. The van der Waals surface area contributed by atoms with E-state index in [1.807, 2.05) is 0 Å². The topological polar surface area (TPSA) is 17.8 Å². The van der Waals surface area contributed by atoms with Gasteiger partial charge in [0.05, 0.1) is 0 Å². The molecule has 0 aromatic carbocycles. The Labute approximate surface area is 87.5 Å². The van der Waals surface area contributed by atoms with E-state index in [1.165, 1.54) is 25.0 Å². The summed E-state index contributed by atoms with van der Waals surface area (Å²) in [5.41, 5.74) is 1.41. The minimum absolute atomic E-state index is 0.474. The van der Waals surface area contributed by atoms with Gasteiger partial charge in [-0.3, -0.25) is 4.68 Å². The van der Waals surface area contributed by atoms with Crippen molar-refractivity contribution in [1.29, 1.82) is 0 Å². The van der Waals surface area contributed by atoms with Crippen molar-refractivity contribution in [3.05, 3.63) is 16.4 Å². The van der Waals surface area contributed by atoms with E-state index in [1.54, 1.807) is 0 Å². The van der Waals surface area contributed by atoms with Crippen molar-refractivity contribution in [3.8, 4) is 0 Å². The molecule has 0 unspecified atom stereocenters. The monoisotopic (exact) mass is 242 g/mol. The summed E-state index contributed by atoms with van der Waals surface area (Å²) in [7, 11) is 0. The van der Waals surface area contributed by atoms with Crippen LogP contribution in [0.4, 0.5) is 0 Å². The van der Waals surface area contributed by atoms with E-state index in [0.717, 1.165) is 10.5 Å². The average Bonchev–Trinajstić information content (AvgIpc) is 2.27. The molecule has 2 nitrogen and oxygen atoms in total. The predicted octanol–water partition coefficient (Wildman–Crippen LogP) is 3.49. The highest BCUT2D eigenvalue weighted by Gasteiger charge is 2.24. The van der Waals surface area contributed by atoms with Crippen molar-refractivity contribution in [2.45, 2.75) is 45.1 Å². The lowest BCUT2D eigenvalue weighted by atomic mass is 9.83. The van der Waals surface area contributed by atoms with Crippen LogP contribution in [-0.2, 0) is 0 Å². The van der Waals surface area contributed by atoms with Gasteiger partial charge in [0.15, 0.2) is 0 Å². The van der Waals surface area contributed by atoms with Crippen molar-refractivity contribution in [2.75, 3.05) is 0 Å². The van der Waals surface area contributed by atoms with E-state index < -0.39 is 0 Å². The molecule has 1 aromatic rings. The van der Waals surface area contributed by atoms with Crippen LogP contribution < -0.4 is 0 Å². The van der Waals surface area contributed by atoms with E-state index in [0.29, 0.717) is 6.04 Å². The molecule has 1 aromatic heterocycles.